The van der Waals surface area contributed by atoms with Gasteiger partial charge in [0, 0.05) is 19.8 Å². The van der Waals surface area contributed by atoms with Crippen LogP contribution in [0.3, 0.4) is 0 Å². The lowest BCUT2D eigenvalue weighted by atomic mass is 10.3. The predicted octanol–water partition coefficient (Wildman–Crippen LogP) is 1.55. The number of aryl methyl sites for hydroxylation is 2. The lowest BCUT2D eigenvalue weighted by molar-refractivity contribution is 0.756. The Morgan fingerprint density at radius 2 is 2.42 bits per heavy atom. The molecule has 0 aromatic carbocycles. The SMILES string of the molecule is Cc1nn(C)cc1NCC1CC1. The third-order valence-electron chi connectivity index (χ3n) is 2.29. The molecule has 0 amide bonds. The summed E-state index contributed by atoms with van der Waals surface area (Å²) < 4.78 is 1.85. The summed E-state index contributed by atoms with van der Waals surface area (Å²) >= 11 is 0. The Morgan fingerprint density at radius 3 is 2.92 bits per heavy atom. The first-order valence-corrected chi connectivity index (χ1v) is 4.50. The molecule has 1 aromatic rings. The number of aromatic nitrogens is 2. The minimum Gasteiger partial charge on any atom is -0.382 e. The number of rotatable bonds is 3. The molecule has 0 bridgehead atoms. The van der Waals surface area contributed by atoms with E-state index >= 15 is 0 Å². The molecule has 66 valence electrons. The highest BCUT2D eigenvalue weighted by Crippen LogP contribution is 2.29. The molecule has 0 spiro atoms. The monoisotopic (exact) mass is 165 g/mol. The Labute approximate surface area is 72.8 Å². The largest absolute Gasteiger partial charge is 0.382 e. The van der Waals surface area contributed by atoms with E-state index < -0.39 is 0 Å². The standard InChI is InChI=1S/C9H15N3/c1-7-9(6-12(2)11-7)10-5-8-3-4-8/h6,8,10H,3-5H2,1-2H3. The third kappa shape index (κ3) is 1.60. The molecular weight excluding hydrogens is 150 g/mol. The Morgan fingerprint density at radius 1 is 1.67 bits per heavy atom. The highest BCUT2D eigenvalue weighted by atomic mass is 15.3. The van der Waals surface area contributed by atoms with Crippen molar-refractivity contribution in [3.05, 3.63) is 11.9 Å². The third-order valence-corrected chi connectivity index (χ3v) is 2.29. The molecule has 1 aliphatic rings. The fraction of sp³-hybridized carbons (Fsp3) is 0.667. The van der Waals surface area contributed by atoms with Gasteiger partial charge in [0.05, 0.1) is 11.4 Å². The second kappa shape index (κ2) is 2.81. The van der Waals surface area contributed by atoms with E-state index in [2.05, 4.69) is 10.4 Å². The first kappa shape index (κ1) is 7.65. The maximum Gasteiger partial charge on any atom is 0.0824 e. The molecule has 0 unspecified atom stereocenters. The Hall–Kier alpha value is -0.990. The van der Waals surface area contributed by atoms with Gasteiger partial charge in [-0.3, -0.25) is 4.68 Å². The summed E-state index contributed by atoms with van der Waals surface area (Å²) in [5, 5.41) is 7.68. The summed E-state index contributed by atoms with van der Waals surface area (Å²) in [4.78, 5) is 0. The zero-order valence-corrected chi connectivity index (χ0v) is 7.67. The van der Waals surface area contributed by atoms with Crippen LogP contribution in [0.5, 0.6) is 0 Å². The van der Waals surface area contributed by atoms with Crippen molar-refractivity contribution in [3.63, 3.8) is 0 Å². The Bertz CT molecular complexity index is 273. The van der Waals surface area contributed by atoms with E-state index in [0.29, 0.717) is 0 Å². The van der Waals surface area contributed by atoms with Gasteiger partial charge in [-0.1, -0.05) is 0 Å². The molecule has 12 heavy (non-hydrogen) atoms. The highest BCUT2D eigenvalue weighted by Gasteiger charge is 2.20. The highest BCUT2D eigenvalue weighted by molar-refractivity contribution is 5.45. The molecule has 0 saturated heterocycles. The predicted molar refractivity (Wildman–Crippen MR) is 49.2 cm³/mol. The van der Waals surface area contributed by atoms with Crippen LogP contribution < -0.4 is 5.32 Å². The van der Waals surface area contributed by atoms with Gasteiger partial charge >= 0.3 is 0 Å². The second-order valence-electron chi connectivity index (χ2n) is 3.63. The van der Waals surface area contributed by atoms with E-state index in [1.54, 1.807) is 0 Å². The second-order valence-corrected chi connectivity index (χ2v) is 3.63. The smallest absolute Gasteiger partial charge is 0.0824 e. The summed E-state index contributed by atoms with van der Waals surface area (Å²) in [5.74, 6) is 0.921. The number of nitrogens with one attached hydrogen (secondary N) is 1. The normalized spacial score (nSPS) is 16.5. The van der Waals surface area contributed by atoms with Gasteiger partial charge in [-0.2, -0.15) is 5.10 Å². The van der Waals surface area contributed by atoms with Crippen LogP contribution in [0.4, 0.5) is 5.69 Å². The number of anilines is 1. The van der Waals surface area contributed by atoms with Crippen molar-refractivity contribution in [2.45, 2.75) is 19.8 Å². The topological polar surface area (TPSA) is 29.9 Å². The van der Waals surface area contributed by atoms with E-state index in [-0.39, 0.29) is 0 Å². The van der Waals surface area contributed by atoms with Crippen LogP contribution in [-0.4, -0.2) is 16.3 Å². The molecule has 3 heteroatoms. The minimum atomic E-state index is 0.921. The molecule has 1 heterocycles. The van der Waals surface area contributed by atoms with Crippen molar-refractivity contribution in [1.29, 1.82) is 0 Å². The van der Waals surface area contributed by atoms with E-state index in [9.17, 15) is 0 Å². The average Bonchev–Trinajstić information content (AvgIpc) is 2.76. The van der Waals surface area contributed by atoms with Crippen LogP contribution in [-0.2, 0) is 7.05 Å². The van der Waals surface area contributed by atoms with Crippen LogP contribution in [0.2, 0.25) is 0 Å². The molecule has 1 aliphatic carbocycles. The van der Waals surface area contributed by atoms with E-state index in [4.69, 9.17) is 0 Å². The molecule has 1 aromatic heterocycles. The number of nitrogens with zero attached hydrogens (tertiary/aromatic N) is 2. The van der Waals surface area contributed by atoms with Crippen LogP contribution >= 0.6 is 0 Å². The van der Waals surface area contributed by atoms with Gasteiger partial charge in [-0.15, -0.1) is 0 Å². The molecule has 0 radical (unpaired) electrons. The maximum absolute atomic E-state index is 4.26. The van der Waals surface area contributed by atoms with Crippen molar-refractivity contribution in [1.82, 2.24) is 9.78 Å². The fourth-order valence-electron chi connectivity index (χ4n) is 1.35. The van der Waals surface area contributed by atoms with Crippen LogP contribution in [0.25, 0.3) is 0 Å². The van der Waals surface area contributed by atoms with Crippen LogP contribution in [0.1, 0.15) is 18.5 Å². The van der Waals surface area contributed by atoms with E-state index in [0.717, 1.165) is 18.2 Å². The van der Waals surface area contributed by atoms with Crippen molar-refractivity contribution >= 4 is 5.69 Å². The molecule has 3 nitrogen and oxygen atoms in total. The lowest BCUT2D eigenvalue weighted by Crippen LogP contribution is -2.03. The molecule has 2 rings (SSSR count). The quantitative estimate of drug-likeness (QED) is 0.736. The van der Waals surface area contributed by atoms with Gasteiger partial charge in [0.1, 0.15) is 0 Å². The zero-order chi connectivity index (χ0) is 8.55. The fourth-order valence-corrected chi connectivity index (χ4v) is 1.35. The summed E-state index contributed by atoms with van der Waals surface area (Å²) in [6.45, 7) is 3.15. The first-order chi connectivity index (χ1) is 5.75. The van der Waals surface area contributed by atoms with Gasteiger partial charge in [0.15, 0.2) is 0 Å². The van der Waals surface area contributed by atoms with Crippen LogP contribution in [0.15, 0.2) is 6.20 Å². The molecule has 1 fully saturated rings. The number of hydrogen-bond acceptors (Lipinski definition) is 2. The lowest BCUT2D eigenvalue weighted by Gasteiger charge is -2.01. The summed E-state index contributed by atoms with van der Waals surface area (Å²) in [5.41, 5.74) is 2.28. The summed E-state index contributed by atoms with van der Waals surface area (Å²) in [6, 6.07) is 0. The summed E-state index contributed by atoms with van der Waals surface area (Å²) in [6.07, 6.45) is 4.83. The Balaban J connectivity index is 1.96. The maximum atomic E-state index is 4.26. The van der Waals surface area contributed by atoms with Gasteiger partial charge in [0.2, 0.25) is 0 Å². The average molecular weight is 165 g/mol. The van der Waals surface area contributed by atoms with Crippen molar-refractivity contribution in [2.24, 2.45) is 13.0 Å². The van der Waals surface area contributed by atoms with Gasteiger partial charge in [0.25, 0.3) is 0 Å². The molecule has 0 aliphatic heterocycles. The van der Waals surface area contributed by atoms with Gasteiger partial charge in [-0.05, 0) is 25.7 Å². The minimum absolute atomic E-state index is 0.921. The van der Waals surface area contributed by atoms with E-state index in [1.165, 1.54) is 18.5 Å². The molecular formula is C9H15N3. The van der Waals surface area contributed by atoms with Crippen molar-refractivity contribution < 1.29 is 0 Å². The van der Waals surface area contributed by atoms with Gasteiger partial charge in [-0.25, -0.2) is 0 Å². The Kier molecular flexibility index (Phi) is 1.79. The number of hydrogen-bond donors (Lipinski definition) is 1. The summed E-state index contributed by atoms with van der Waals surface area (Å²) in [7, 11) is 1.95. The molecule has 1 N–H and O–H groups in total. The molecule has 1 saturated carbocycles. The van der Waals surface area contributed by atoms with E-state index in [1.807, 2.05) is 24.9 Å². The van der Waals surface area contributed by atoms with Crippen molar-refractivity contribution in [3.8, 4) is 0 Å². The first-order valence-electron chi connectivity index (χ1n) is 4.50. The van der Waals surface area contributed by atoms with Gasteiger partial charge < -0.3 is 5.32 Å². The molecule has 0 atom stereocenters. The van der Waals surface area contributed by atoms with Crippen LogP contribution in [0, 0.1) is 12.8 Å². The van der Waals surface area contributed by atoms with Crippen molar-refractivity contribution in [2.75, 3.05) is 11.9 Å². The zero-order valence-electron chi connectivity index (χ0n) is 7.67.